The predicted molar refractivity (Wildman–Crippen MR) is 97.2 cm³/mol. The van der Waals surface area contributed by atoms with Gasteiger partial charge in [0.2, 0.25) is 0 Å². The molecule has 0 aliphatic heterocycles. The molecule has 0 aliphatic rings. The fourth-order valence-electron chi connectivity index (χ4n) is 2.26. The molecule has 8 nitrogen and oxygen atoms in total. The number of carbonyl (C=O) groups is 2. The molecule has 1 amide bonds. The average Bonchev–Trinajstić information content (AvgIpc) is 3.17. The van der Waals surface area contributed by atoms with Crippen molar-refractivity contribution in [3.8, 4) is 5.69 Å². The normalized spacial score (nSPS) is 10.4. The zero-order valence-corrected chi connectivity index (χ0v) is 15.3. The van der Waals surface area contributed by atoms with E-state index in [4.69, 9.17) is 4.74 Å². The Labute approximate surface area is 157 Å². The summed E-state index contributed by atoms with van der Waals surface area (Å²) in [5, 5.41) is 13.8. The number of anilines is 1. The number of nitrogens with one attached hydrogen (secondary N) is 1. The second-order valence-corrected chi connectivity index (χ2v) is 6.08. The molecule has 0 unspecified atom stereocenters. The SMILES string of the molecule is CCOC(=O)c1ccc(NC(=O)c2cc(Br)ccc2-n2cnnn2)cc1. The summed E-state index contributed by atoms with van der Waals surface area (Å²) in [5.41, 5.74) is 1.90. The molecule has 0 atom stereocenters. The van der Waals surface area contributed by atoms with Crippen molar-refractivity contribution < 1.29 is 14.3 Å². The molecule has 0 fully saturated rings. The summed E-state index contributed by atoms with van der Waals surface area (Å²) in [4.78, 5) is 24.4. The molecule has 1 heterocycles. The third kappa shape index (κ3) is 3.94. The average molecular weight is 416 g/mol. The fraction of sp³-hybridized carbons (Fsp3) is 0.118. The highest BCUT2D eigenvalue weighted by atomic mass is 79.9. The maximum atomic E-state index is 12.7. The first-order chi connectivity index (χ1) is 12.6. The maximum Gasteiger partial charge on any atom is 0.338 e. The Morgan fingerprint density at radius 2 is 1.96 bits per heavy atom. The minimum atomic E-state index is -0.404. The van der Waals surface area contributed by atoms with E-state index in [-0.39, 0.29) is 5.91 Å². The van der Waals surface area contributed by atoms with Gasteiger partial charge >= 0.3 is 5.97 Å². The zero-order chi connectivity index (χ0) is 18.5. The molecule has 0 aliphatic carbocycles. The lowest BCUT2D eigenvalue weighted by Crippen LogP contribution is -2.15. The van der Waals surface area contributed by atoms with Crippen molar-refractivity contribution in [1.29, 1.82) is 0 Å². The molecular formula is C17H14BrN5O3. The summed E-state index contributed by atoms with van der Waals surface area (Å²) in [5.74, 6) is -0.737. The van der Waals surface area contributed by atoms with Crippen LogP contribution in [-0.4, -0.2) is 38.7 Å². The van der Waals surface area contributed by atoms with Gasteiger partial charge in [0.1, 0.15) is 6.33 Å². The van der Waals surface area contributed by atoms with Crippen molar-refractivity contribution in [3.63, 3.8) is 0 Å². The number of benzene rings is 2. The lowest BCUT2D eigenvalue weighted by Gasteiger charge is -2.10. The van der Waals surface area contributed by atoms with E-state index in [2.05, 4.69) is 36.8 Å². The summed E-state index contributed by atoms with van der Waals surface area (Å²) in [7, 11) is 0. The van der Waals surface area contributed by atoms with E-state index in [1.54, 1.807) is 49.4 Å². The van der Waals surface area contributed by atoms with Gasteiger partial charge in [0.15, 0.2) is 0 Å². The van der Waals surface area contributed by atoms with E-state index in [0.717, 1.165) is 4.47 Å². The highest BCUT2D eigenvalue weighted by Crippen LogP contribution is 2.21. The molecule has 0 spiro atoms. The molecule has 9 heteroatoms. The molecule has 0 bridgehead atoms. The summed E-state index contributed by atoms with van der Waals surface area (Å²) in [6.07, 6.45) is 1.41. The van der Waals surface area contributed by atoms with Crippen LogP contribution in [0.5, 0.6) is 0 Å². The Balaban J connectivity index is 1.82. The smallest absolute Gasteiger partial charge is 0.338 e. The summed E-state index contributed by atoms with van der Waals surface area (Å²) >= 11 is 3.36. The Hall–Kier alpha value is -3.07. The van der Waals surface area contributed by atoms with Crippen molar-refractivity contribution in [2.75, 3.05) is 11.9 Å². The lowest BCUT2D eigenvalue weighted by atomic mass is 10.1. The van der Waals surface area contributed by atoms with E-state index in [9.17, 15) is 9.59 Å². The van der Waals surface area contributed by atoms with Gasteiger partial charge < -0.3 is 10.1 Å². The van der Waals surface area contributed by atoms with Gasteiger partial charge in [-0.25, -0.2) is 4.79 Å². The number of ether oxygens (including phenoxy) is 1. The highest BCUT2D eigenvalue weighted by molar-refractivity contribution is 9.10. The molecule has 3 aromatic rings. The lowest BCUT2D eigenvalue weighted by molar-refractivity contribution is 0.0526. The summed E-state index contributed by atoms with van der Waals surface area (Å²) < 4.78 is 7.09. The third-order valence-corrected chi connectivity index (χ3v) is 3.95. The maximum absolute atomic E-state index is 12.7. The molecule has 26 heavy (non-hydrogen) atoms. The van der Waals surface area contributed by atoms with Gasteiger partial charge in [-0.15, -0.1) is 5.10 Å². The Kier molecular flexibility index (Phi) is 5.37. The number of halogens is 1. The topological polar surface area (TPSA) is 99.0 Å². The van der Waals surface area contributed by atoms with E-state index in [0.29, 0.717) is 29.1 Å². The van der Waals surface area contributed by atoms with Gasteiger partial charge in [-0.3, -0.25) is 4.79 Å². The van der Waals surface area contributed by atoms with Crippen LogP contribution >= 0.6 is 15.9 Å². The van der Waals surface area contributed by atoms with Crippen LogP contribution < -0.4 is 5.32 Å². The number of aromatic nitrogens is 4. The first-order valence-corrected chi connectivity index (χ1v) is 8.49. The van der Waals surface area contributed by atoms with Crippen LogP contribution in [0.1, 0.15) is 27.6 Å². The van der Waals surface area contributed by atoms with Gasteiger partial charge in [0, 0.05) is 10.2 Å². The van der Waals surface area contributed by atoms with E-state index in [1.807, 2.05) is 0 Å². The van der Waals surface area contributed by atoms with Gasteiger partial charge in [-0.2, -0.15) is 4.68 Å². The number of hydrogen-bond acceptors (Lipinski definition) is 6. The van der Waals surface area contributed by atoms with E-state index >= 15 is 0 Å². The van der Waals surface area contributed by atoms with Crippen LogP contribution in [0.25, 0.3) is 5.69 Å². The van der Waals surface area contributed by atoms with Crippen molar-refractivity contribution >= 4 is 33.5 Å². The highest BCUT2D eigenvalue weighted by Gasteiger charge is 2.15. The number of amides is 1. The zero-order valence-electron chi connectivity index (χ0n) is 13.7. The number of esters is 1. The molecule has 0 saturated carbocycles. The molecule has 0 radical (unpaired) electrons. The van der Waals surface area contributed by atoms with Crippen LogP contribution in [0.3, 0.4) is 0 Å². The summed E-state index contributed by atoms with van der Waals surface area (Å²) in [6.45, 7) is 2.05. The Bertz CT molecular complexity index is 926. The quantitative estimate of drug-likeness (QED) is 0.643. The van der Waals surface area contributed by atoms with Crippen molar-refractivity contribution in [3.05, 3.63) is 64.4 Å². The second-order valence-electron chi connectivity index (χ2n) is 5.17. The Morgan fingerprint density at radius 3 is 2.62 bits per heavy atom. The van der Waals surface area contributed by atoms with Gasteiger partial charge in [0.25, 0.3) is 5.91 Å². The van der Waals surface area contributed by atoms with Crippen molar-refractivity contribution in [2.45, 2.75) is 6.92 Å². The summed E-state index contributed by atoms with van der Waals surface area (Å²) in [6, 6.07) is 11.7. The Morgan fingerprint density at radius 1 is 1.19 bits per heavy atom. The number of rotatable bonds is 5. The van der Waals surface area contributed by atoms with Gasteiger partial charge in [0.05, 0.1) is 23.4 Å². The molecule has 1 aromatic heterocycles. The van der Waals surface area contributed by atoms with Crippen molar-refractivity contribution in [1.82, 2.24) is 20.2 Å². The number of nitrogens with zero attached hydrogens (tertiary/aromatic N) is 4. The van der Waals surface area contributed by atoms with Gasteiger partial charge in [-0.1, -0.05) is 15.9 Å². The molecule has 0 saturated heterocycles. The number of carbonyl (C=O) groups excluding carboxylic acids is 2. The van der Waals surface area contributed by atoms with E-state index < -0.39 is 5.97 Å². The molecule has 2 aromatic carbocycles. The first kappa shape index (κ1) is 17.7. The van der Waals surface area contributed by atoms with Crippen LogP contribution in [0, 0.1) is 0 Å². The van der Waals surface area contributed by atoms with Crippen LogP contribution in [0.4, 0.5) is 5.69 Å². The van der Waals surface area contributed by atoms with Gasteiger partial charge in [-0.05, 0) is 59.8 Å². The predicted octanol–water partition coefficient (Wildman–Crippen LogP) is 2.85. The molecule has 132 valence electrons. The van der Waals surface area contributed by atoms with E-state index in [1.165, 1.54) is 11.0 Å². The van der Waals surface area contributed by atoms with Crippen LogP contribution in [0.2, 0.25) is 0 Å². The largest absolute Gasteiger partial charge is 0.462 e. The molecular weight excluding hydrogens is 402 g/mol. The monoisotopic (exact) mass is 415 g/mol. The molecule has 3 rings (SSSR count). The first-order valence-electron chi connectivity index (χ1n) is 7.70. The fourth-order valence-corrected chi connectivity index (χ4v) is 2.63. The van der Waals surface area contributed by atoms with Crippen molar-refractivity contribution in [2.24, 2.45) is 0 Å². The second kappa shape index (κ2) is 7.87. The minimum Gasteiger partial charge on any atom is -0.462 e. The van der Waals surface area contributed by atoms with Crippen LogP contribution in [0.15, 0.2) is 53.3 Å². The minimum absolute atomic E-state index is 0.306. The van der Waals surface area contributed by atoms with Crippen LogP contribution in [-0.2, 0) is 4.74 Å². The third-order valence-electron chi connectivity index (χ3n) is 3.45. The standard InChI is InChI=1S/C17H14BrN5O3/c1-2-26-17(25)11-3-6-13(7-4-11)20-16(24)14-9-12(18)5-8-15(14)23-10-19-21-22-23/h3-10H,2H2,1H3,(H,20,24). The number of hydrogen-bond donors (Lipinski definition) is 1. The number of tetrazole rings is 1. The molecule has 1 N–H and O–H groups in total.